The predicted octanol–water partition coefficient (Wildman–Crippen LogP) is -7.45. The van der Waals surface area contributed by atoms with Crippen LogP contribution in [0, 0.1) is 0 Å². The molecule has 0 radical (unpaired) electrons. The molecule has 0 spiro atoms. The van der Waals surface area contributed by atoms with Crippen LogP contribution in [-0.2, 0) is 9.47 Å². The van der Waals surface area contributed by atoms with Gasteiger partial charge in [0.1, 0.15) is 36.6 Å². The third-order valence-corrected chi connectivity index (χ3v) is 4.00. The molecule has 0 saturated carbocycles. The summed E-state index contributed by atoms with van der Waals surface area (Å²) < 4.78 is 9.08. The van der Waals surface area contributed by atoms with Crippen molar-refractivity contribution in [1.82, 2.24) is 0 Å². The van der Waals surface area contributed by atoms with Crippen LogP contribution in [0.5, 0.6) is 0 Å². The Morgan fingerprint density at radius 2 is 0.889 bits per heavy atom. The minimum absolute atomic E-state index is 0. The minimum Gasteiger partial charge on any atom is -0.394 e. The molecule has 2 aliphatic rings. The van der Waals surface area contributed by atoms with Crippen molar-refractivity contribution in [2.24, 2.45) is 11.5 Å². The molecule has 14 N–H and O–H groups in total. The first kappa shape index (κ1) is 26.7. The second-order valence-electron chi connectivity index (χ2n) is 6.03. The van der Waals surface area contributed by atoms with Gasteiger partial charge in [-0.2, -0.15) is 0 Å². The predicted molar refractivity (Wildman–Crippen MR) is 85.5 cm³/mol. The van der Waals surface area contributed by atoms with E-state index in [2.05, 4.69) is 9.47 Å². The quantitative estimate of drug-likeness (QED) is 0.183. The molecule has 0 aromatic heterocycles. The first-order valence-electron chi connectivity index (χ1n) is 7.48. The topological polar surface area (TPSA) is 273 Å². The molecular weight excluding hydrogens is 400 g/mol. The van der Waals surface area contributed by atoms with Gasteiger partial charge in [-0.3, -0.25) is 11.5 Å². The summed E-state index contributed by atoms with van der Waals surface area (Å²) in [7, 11) is 0. The molecule has 0 aromatic rings. The average Bonchev–Trinajstić information content (AvgIpc) is 2.58. The maximum Gasteiger partial charge on any atom is 0.252 e. The van der Waals surface area contributed by atoms with Gasteiger partial charge in [0.2, 0.25) is 0 Å². The van der Waals surface area contributed by atoms with Crippen molar-refractivity contribution in [2.45, 2.75) is 60.7 Å². The fourth-order valence-electron chi connectivity index (χ4n) is 2.36. The van der Waals surface area contributed by atoms with Crippen LogP contribution >= 0.6 is 12.4 Å². The van der Waals surface area contributed by atoms with Gasteiger partial charge in [0.25, 0.3) is 11.8 Å². The minimum atomic E-state index is -2.45. The van der Waals surface area contributed by atoms with Gasteiger partial charge in [0, 0.05) is 0 Å². The zero-order valence-corrected chi connectivity index (χ0v) is 14.7. The lowest BCUT2D eigenvalue weighted by molar-refractivity contribution is -0.347. The summed E-state index contributed by atoms with van der Waals surface area (Å²) in [6.07, 6.45) is -12.3. The molecule has 2 unspecified atom stereocenters. The van der Waals surface area contributed by atoms with Crippen molar-refractivity contribution in [1.29, 1.82) is 0 Å². The molecule has 15 heteroatoms. The Bertz CT molecular complexity index is 414. The van der Waals surface area contributed by atoms with E-state index < -0.39 is 73.9 Å². The number of hydrogen-bond donors (Lipinski definition) is 12. The summed E-state index contributed by atoms with van der Waals surface area (Å²) in [6, 6.07) is 0. The van der Waals surface area contributed by atoms with E-state index in [4.69, 9.17) is 52.3 Å². The smallest absolute Gasteiger partial charge is 0.252 e. The number of ether oxygens (including phenoxy) is 2. The standard InChI is InChI=1S/2C6H13NO6.ClH/c2*7-6(12)5(11)4(10)3(9)2(1-8)13-6;/h2*2-5,8-12H,1,7H2;1H/t2*2-,3-,4+,5-,6?;/m11./s1. The molecule has 2 aliphatic heterocycles. The van der Waals surface area contributed by atoms with Gasteiger partial charge in [-0.1, -0.05) is 0 Å². The molecule has 2 rings (SSSR count). The Balaban J connectivity index is 0.000000483. The summed E-state index contributed by atoms with van der Waals surface area (Å²) in [5, 5.41) is 90.5. The Kier molecular flexibility index (Phi) is 9.87. The van der Waals surface area contributed by atoms with Crippen LogP contribution in [0.1, 0.15) is 0 Å². The Morgan fingerprint density at radius 1 is 0.630 bits per heavy atom. The number of nitrogens with two attached hydrogens (primary N) is 2. The van der Waals surface area contributed by atoms with Crippen LogP contribution in [0.15, 0.2) is 0 Å². The van der Waals surface area contributed by atoms with Crippen molar-refractivity contribution >= 4 is 12.4 Å². The van der Waals surface area contributed by atoms with Crippen LogP contribution in [0.2, 0.25) is 0 Å². The molecule has 0 bridgehead atoms. The summed E-state index contributed by atoms with van der Waals surface area (Å²) in [5.41, 5.74) is 10.1. The lowest BCUT2D eigenvalue weighted by Crippen LogP contribution is -2.69. The monoisotopic (exact) mass is 426 g/mol. The van der Waals surface area contributed by atoms with Crippen molar-refractivity contribution in [3.05, 3.63) is 0 Å². The SMILES string of the molecule is Cl.NC1(O)O[C@H](CO)[C@@H](O)[C@H](O)[C@H]1O.NC1(O)O[C@H](CO)[C@@H](O)[C@H](O)[C@H]1O. The largest absolute Gasteiger partial charge is 0.394 e. The first-order valence-corrected chi connectivity index (χ1v) is 7.48. The normalized spacial score (nSPS) is 50.2. The van der Waals surface area contributed by atoms with Crippen molar-refractivity contribution in [2.75, 3.05) is 13.2 Å². The van der Waals surface area contributed by atoms with Gasteiger partial charge in [-0.05, 0) is 0 Å². The van der Waals surface area contributed by atoms with E-state index in [1.165, 1.54) is 0 Å². The van der Waals surface area contributed by atoms with Gasteiger partial charge in [-0.25, -0.2) is 0 Å². The average molecular weight is 427 g/mol. The summed E-state index contributed by atoms with van der Waals surface area (Å²) >= 11 is 0. The molecule has 2 saturated heterocycles. The number of aliphatic hydroxyl groups is 10. The van der Waals surface area contributed by atoms with Gasteiger partial charge in [-0.15, -0.1) is 12.4 Å². The van der Waals surface area contributed by atoms with Gasteiger partial charge >= 0.3 is 0 Å². The number of hydrogen-bond acceptors (Lipinski definition) is 14. The molecule has 10 atom stereocenters. The lowest BCUT2D eigenvalue weighted by Gasteiger charge is -2.42. The van der Waals surface area contributed by atoms with Crippen molar-refractivity contribution < 1.29 is 60.5 Å². The third kappa shape index (κ3) is 5.86. The zero-order valence-electron chi connectivity index (χ0n) is 13.9. The van der Waals surface area contributed by atoms with Crippen LogP contribution in [0.3, 0.4) is 0 Å². The highest BCUT2D eigenvalue weighted by Gasteiger charge is 2.51. The summed E-state index contributed by atoms with van der Waals surface area (Å²) in [4.78, 5) is 0. The molecule has 2 fully saturated rings. The fourth-order valence-corrected chi connectivity index (χ4v) is 2.36. The van der Waals surface area contributed by atoms with Crippen molar-refractivity contribution in [3.8, 4) is 0 Å². The molecular formula is C12H27ClN2O12. The zero-order chi connectivity index (χ0) is 20.4. The van der Waals surface area contributed by atoms with E-state index in [0.29, 0.717) is 0 Å². The molecule has 0 aromatic carbocycles. The van der Waals surface area contributed by atoms with E-state index >= 15 is 0 Å². The lowest BCUT2D eigenvalue weighted by atomic mass is 9.97. The summed E-state index contributed by atoms with van der Waals surface area (Å²) in [6.45, 7) is -1.24. The van der Waals surface area contributed by atoms with Crippen molar-refractivity contribution in [3.63, 3.8) is 0 Å². The maximum absolute atomic E-state index is 9.18. The second kappa shape index (κ2) is 9.97. The highest BCUT2D eigenvalue weighted by atomic mass is 35.5. The van der Waals surface area contributed by atoms with E-state index in [0.717, 1.165) is 0 Å². The van der Waals surface area contributed by atoms with Crippen LogP contribution in [-0.4, -0.2) is 125 Å². The van der Waals surface area contributed by atoms with E-state index in [1.54, 1.807) is 0 Å². The van der Waals surface area contributed by atoms with Gasteiger partial charge < -0.3 is 60.5 Å². The van der Waals surface area contributed by atoms with Gasteiger partial charge in [0.15, 0.2) is 12.2 Å². The Morgan fingerprint density at radius 3 is 1.11 bits per heavy atom. The highest BCUT2D eigenvalue weighted by molar-refractivity contribution is 5.85. The van der Waals surface area contributed by atoms with Crippen LogP contribution in [0.4, 0.5) is 0 Å². The molecule has 2 heterocycles. The molecule has 14 nitrogen and oxygen atoms in total. The highest BCUT2D eigenvalue weighted by Crippen LogP contribution is 2.24. The molecule has 27 heavy (non-hydrogen) atoms. The fraction of sp³-hybridized carbons (Fsp3) is 1.00. The van der Waals surface area contributed by atoms with Gasteiger partial charge in [0.05, 0.1) is 13.2 Å². The van der Waals surface area contributed by atoms with Crippen LogP contribution < -0.4 is 11.5 Å². The van der Waals surface area contributed by atoms with E-state index in [1.807, 2.05) is 0 Å². The van der Waals surface area contributed by atoms with Crippen LogP contribution in [0.25, 0.3) is 0 Å². The number of halogens is 1. The third-order valence-electron chi connectivity index (χ3n) is 4.00. The number of rotatable bonds is 2. The molecule has 0 amide bonds. The first-order chi connectivity index (χ1) is 11.8. The van der Waals surface area contributed by atoms with E-state index in [9.17, 15) is 10.2 Å². The maximum atomic E-state index is 9.18. The van der Waals surface area contributed by atoms with E-state index in [-0.39, 0.29) is 12.4 Å². The number of aliphatic hydroxyl groups excluding tert-OH is 8. The summed E-state index contributed by atoms with van der Waals surface area (Å²) in [5.74, 6) is -4.90. The Hall–Kier alpha value is -0.270. The molecule has 0 aliphatic carbocycles. The second-order valence-corrected chi connectivity index (χ2v) is 6.03. The molecule has 164 valence electrons. The Labute approximate surface area is 159 Å².